The molecule has 0 aliphatic heterocycles. The second-order valence-electron chi connectivity index (χ2n) is 3.67. The number of benzene rings is 1. The van der Waals surface area contributed by atoms with Crippen LogP contribution in [0.4, 0.5) is 5.69 Å². The third-order valence-electron chi connectivity index (χ3n) is 2.41. The van der Waals surface area contributed by atoms with E-state index in [1.54, 1.807) is 22.9 Å². The molecule has 2 aromatic rings. The molecule has 1 aromatic heterocycles. The van der Waals surface area contributed by atoms with Crippen molar-refractivity contribution < 1.29 is 0 Å². The van der Waals surface area contributed by atoms with Gasteiger partial charge in [0.2, 0.25) is 0 Å². The number of nitrogens with one attached hydrogen (secondary N) is 1. The van der Waals surface area contributed by atoms with Crippen molar-refractivity contribution in [3.63, 3.8) is 0 Å². The molecule has 0 bridgehead atoms. The molecule has 0 unspecified atom stereocenters. The van der Waals surface area contributed by atoms with Crippen LogP contribution in [0.1, 0.15) is 0 Å². The smallest absolute Gasteiger partial charge is 0.250 e. The Hall–Kier alpha value is -1.30. The van der Waals surface area contributed by atoms with Crippen LogP contribution < -0.4 is 10.9 Å². The minimum atomic E-state index is 0.0388. The van der Waals surface area contributed by atoms with Crippen molar-refractivity contribution in [2.45, 2.75) is 6.54 Å². The van der Waals surface area contributed by atoms with Crippen molar-refractivity contribution in [3.8, 4) is 0 Å². The summed E-state index contributed by atoms with van der Waals surface area (Å²) in [6.45, 7) is 1.41. The van der Waals surface area contributed by atoms with Gasteiger partial charge in [0.1, 0.15) is 0 Å². The quantitative estimate of drug-likeness (QED) is 0.868. The first kappa shape index (κ1) is 12.2. The second-order valence-corrected chi connectivity index (χ2v) is 4.92. The molecule has 0 fully saturated rings. The van der Waals surface area contributed by atoms with E-state index in [2.05, 4.69) is 34.0 Å². The van der Waals surface area contributed by atoms with Crippen LogP contribution in [0.2, 0.25) is 0 Å². The zero-order valence-electron chi connectivity index (χ0n) is 9.27. The summed E-state index contributed by atoms with van der Waals surface area (Å²) in [4.78, 5) is 11.4. The van der Waals surface area contributed by atoms with Crippen LogP contribution in [0.5, 0.6) is 0 Å². The molecule has 0 aliphatic carbocycles. The van der Waals surface area contributed by atoms with Gasteiger partial charge in [0, 0.05) is 34.6 Å². The van der Waals surface area contributed by atoms with Gasteiger partial charge in [0.25, 0.3) is 5.56 Å². The summed E-state index contributed by atoms with van der Waals surface area (Å²) in [5.74, 6) is 0. The minimum absolute atomic E-state index is 0.0388. The van der Waals surface area contributed by atoms with Crippen LogP contribution in [-0.4, -0.2) is 11.1 Å². The molecule has 0 atom stereocenters. The third-order valence-corrected chi connectivity index (χ3v) is 3.08. The van der Waals surface area contributed by atoms with Gasteiger partial charge >= 0.3 is 0 Å². The molecule has 0 saturated heterocycles. The molecule has 3 nitrogen and oxygen atoms in total. The lowest BCUT2D eigenvalue weighted by atomic mass is 10.3. The van der Waals surface area contributed by atoms with Gasteiger partial charge in [-0.25, -0.2) is 0 Å². The SMILES string of the molecule is O=c1ccccn1CCNc1cccc(I)c1. The third kappa shape index (κ3) is 3.59. The van der Waals surface area contributed by atoms with Crippen molar-refractivity contribution in [1.29, 1.82) is 0 Å². The van der Waals surface area contributed by atoms with Crippen LogP contribution in [0.25, 0.3) is 0 Å². The highest BCUT2D eigenvalue weighted by atomic mass is 127. The molecule has 88 valence electrons. The van der Waals surface area contributed by atoms with Crippen molar-refractivity contribution in [1.82, 2.24) is 4.57 Å². The van der Waals surface area contributed by atoms with E-state index in [4.69, 9.17) is 0 Å². The molecule has 0 aliphatic rings. The van der Waals surface area contributed by atoms with Gasteiger partial charge in [-0.05, 0) is 46.9 Å². The molecule has 1 N–H and O–H groups in total. The van der Waals surface area contributed by atoms with Crippen LogP contribution in [-0.2, 0) is 6.54 Å². The highest BCUT2D eigenvalue weighted by Gasteiger charge is 1.95. The van der Waals surface area contributed by atoms with Gasteiger partial charge in [-0.1, -0.05) is 12.1 Å². The molecular weight excluding hydrogens is 327 g/mol. The van der Waals surface area contributed by atoms with Gasteiger partial charge < -0.3 is 9.88 Å². The Labute approximate surface area is 114 Å². The fourth-order valence-electron chi connectivity index (χ4n) is 1.56. The lowest BCUT2D eigenvalue weighted by Crippen LogP contribution is -2.21. The van der Waals surface area contributed by atoms with E-state index in [0.717, 1.165) is 12.2 Å². The summed E-state index contributed by atoms with van der Waals surface area (Å²) < 4.78 is 2.89. The maximum absolute atomic E-state index is 11.4. The molecule has 1 heterocycles. The molecule has 1 aromatic carbocycles. The predicted octanol–water partition coefficient (Wildman–Crippen LogP) is 2.57. The molecular formula is C13H13IN2O. The lowest BCUT2D eigenvalue weighted by molar-refractivity contribution is 0.697. The summed E-state index contributed by atoms with van der Waals surface area (Å²) in [6.07, 6.45) is 1.80. The van der Waals surface area contributed by atoms with Gasteiger partial charge in [0.15, 0.2) is 0 Å². The first-order valence-corrected chi connectivity index (χ1v) is 6.48. The Morgan fingerprint density at radius 3 is 2.82 bits per heavy atom. The number of rotatable bonds is 4. The van der Waals surface area contributed by atoms with Gasteiger partial charge in [-0.15, -0.1) is 0 Å². The molecule has 0 amide bonds. The normalized spacial score (nSPS) is 10.2. The number of halogens is 1. The number of pyridine rings is 1. The Morgan fingerprint density at radius 1 is 1.18 bits per heavy atom. The van der Waals surface area contributed by atoms with Crippen LogP contribution >= 0.6 is 22.6 Å². The second kappa shape index (κ2) is 5.86. The zero-order valence-corrected chi connectivity index (χ0v) is 11.4. The number of anilines is 1. The Morgan fingerprint density at radius 2 is 2.06 bits per heavy atom. The predicted molar refractivity (Wildman–Crippen MR) is 78.4 cm³/mol. The van der Waals surface area contributed by atoms with E-state index in [1.807, 2.05) is 24.3 Å². The minimum Gasteiger partial charge on any atom is -0.383 e. The first-order chi connectivity index (χ1) is 8.25. The lowest BCUT2D eigenvalue weighted by Gasteiger charge is -2.08. The molecule has 0 saturated carbocycles. The largest absolute Gasteiger partial charge is 0.383 e. The van der Waals surface area contributed by atoms with Crippen molar-refractivity contribution in [2.24, 2.45) is 0 Å². The molecule has 4 heteroatoms. The average Bonchev–Trinajstić information content (AvgIpc) is 2.32. The zero-order chi connectivity index (χ0) is 12.1. The topological polar surface area (TPSA) is 34.0 Å². The molecule has 2 rings (SSSR count). The number of aromatic nitrogens is 1. The summed E-state index contributed by atoms with van der Waals surface area (Å²) in [5, 5.41) is 3.30. The molecule has 0 radical (unpaired) electrons. The van der Waals surface area contributed by atoms with Crippen LogP contribution in [0.3, 0.4) is 0 Å². The van der Waals surface area contributed by atoms with Gasteiger partial charge in [-0.2, -0.15) is 0 Å². The van der Waals surface area contributed by atoms with E-state index in [-0.39, 0.29) is 5.56 Å². The molecule has 17 heavy (non-hydrogen) atoms. The number of hydrogen-bond donors (Lipinski definition) is 1. The van der Waals surface area contributed by atoms with E-state index in [9.17, 15) is 4.79 Å². The Balaban J connectivity index is 1.92. The Kier molecular flexibility index (Phi) is 4.19. The molecule has 0 spiro atoms. The fraction of sp³-hybridized carbons (Fsp3) is 0.154. The summed E-state index contributed by atoms with van der Waals surface area (Å²) in [5.41, 5.74) is 1.12. The maximum Gasteiger partial charge on any atom is 0.250 e. The van der Waals surface area contributed by atoms with Crippen LogP contribution in [0, 0.1) is 3.57 Å². The van der Waals surface area contributed by atoms with Gasteiger partial charge in [-0.3, -0.25) is 4.79 Å². The number of nitrogens with zero attached hydrogens (tertiary/aromatic N) is 1. The van der Waals surface area contributed by atoms with Crippen molar-refractivity contribution in [3.05, 3.63) is 62.6 Å². The standard InChI is InChI=1S/C13H13IN2O/c14-11-4-3-5-12(10-11)15-7-9-16-8-2-1-6-13(16)17/h1-6,8,10,15H,7,9H2. The highest BCUT2D eigenvalue weighted by molar-refractivity contribution is 14.1. The van der Waals surface area contributed by atoms with E-state index < -0.39 is 0 Å². The van der Waals surface area contributed by atoms with Crippen LogP contribution in [0.15, 0.2) is 53.5 Å². The fourth-order valence-corrected chi connectivity index (χ4v) is 2.11. The first-order valence-electron chi connectivity index (χ1n) is 5.40. The average molecular weight is 340 g/mol. The maximum atomic E-state index is 11.4. The summed E-state index contributed by atoms with van der Waals surface area (Å²) in [6, 6.07) is 13.4. The van der Waals surface area contributed by atoms with E-state index in [1.165, 1.54) is 3.57 Å². The number of hydrogen-bond acceptors (Lipinski definition) is 2. The van der Waals surface area contributed by atoms with Crippen molar-refractivity contribution in [2.75, 3.05) is 11.9 Å². The van der Waals surface area contributed by atoms with Crippen molar-refractivity contribution >= 4 is 28.3 Å². The van der Waals surface area contributed by atoms with E-state index in [0.29, 0.717) is 6.54 Å². The summed E-state index contributed by atoms with van der Waals surface area (Å²) in [7, 11) is 0. The van der Waals surface area contributed by atoms with Gasteiger partial charge in [0.05, 0.1) is 0 Å². The van der Waals surface area contributed by atoms with E-state index >= 15 is 0 Å². The summed E-state index contributed by atoms with van der Waals surface area (Å²) >= 11 is 2.28. The Bertz CT molecular complexity index is 551. The monoisotopic (exact) mass is 340 g/mol. The highest BCUT2D eigenvalue weighted by Crippen LogP contribution is 2.11.